The maximum atomic E-state index is 12.3. The number of hydrogen-bond donors (Lipinski definition) is 0. The maximum absolute atomic E-state index is 12.3. The molecular weight excluding hydrogens is 205 g/mol. The second kappa shape index (κ2) is 3.70. The van der Waals surface area contributed by atoms with E-state index in [4.69, 9.17) is 4.74 Å². The molecule has 0 bridgehead atoms. The van der Waals surface area contributed by atoms with E-state index in [1.165, 1.54) is 12.1 Å². The standard InChI is InChI=1S/C11H9F3O/c12-11(13,14)9-5-3-8(4-6-9)10-2-1-7-15-10/h1-6,10H,7H2/t10-/m0/s1. The van der Waals surface area contributed by atoms with Gasteiger partial charge in [-0.25, -0.2) is 0 Å². The Bertz CT molecular complexity index is 364. The van der Waals surface area contributed by atoms with E-state index in [1.807, 2.05) is 12.2 Å². The Morgan fingerprint density at radius 1 is 1.13 bits per heavy atom. The smallest absolute Gasteiger partial charge is 0.365 e. The van der Waals surface area contributed by atoms with E-state index in [9.17, 15) is 13.2 Å². The van der Waals surface area contributed by atoms with Gasteiger partial charge in [0.05, 0.1) is 12.2 Å². The Morgan fingerprint density at radius 3 is 2.27 bits per heavy atom. The summed E-state index contributed by atoms with van der Waals surface area (Å²) in [5, 5.41) is 0. The van der Waals surface area contributed by atoms with Gasteiger partial charge in [-0.3, -0.25) is 0 Å². The highest BCUT2D eigenvalue weighted by Crippen LogP contribution is 2.31. The summed E-state index contributed by atoms with van der Waals surface area (Å²) in [5.74, 6) is 0. The van der Waals surface area contributed by atoms with Crippen molar-refractivity contribution in [3.8, 4) is 0 Å². The van der Waals surface area contributed by atoms with Crippen LogP contribution in [-0.2, 0) is 10.9 Å². The molecule has 1 nitrogen and oxygen atoms in total. The van der Waals surface area contributed by atoms with Gasteiger partial charge in [0.25, 0.3) is 0 Å². The summed E-state index contributed by atoms with van der Waals surface area (Å²) >= 11 is 0. The van der Waals surface area contributed by atoms with E-state index in [1.54, 1.807) is 0 Å². The minimum absolute atomic E-state index is 0.202. The number of hydrogen-bond acceptors (Lipinski definition) is 1. The van der Waals surface area contributed by atoms with Crippen LogP contribution in [0.3, 0.4) is 0 Å². The molecule has 0 spiro atoms. The second-order valence-electron chi connectivity index (χ2n) is 3.30. The summed E-state index contributed by atoms with van der Waals surface area (Å²) in [6, 6.07) is 5.04. The average Bonchev–Trinajstić information content (AvgIpc) is 2.69. The van der Waals surface area contributed by atoms with Gasteiger partial charge in [-0.05, 0) is 17.7 Å². The first kappa shape index (κ1) is 10.2. The first-order chi connectivity index (χ1) is 7.07. The van der Waals surface area contributed by atoms with Crippen molar-refractivity contribution in [2.75, 3.05) is 6.61 Å². The Kier molecular flexibility index (Phi) is 2.52. The van der Waals surface area contributed by atoms with Crippen molar-refractivity contribution in [1.82, 2.24) is 0 Å². The van der Waals surface area contributed by atoms with Gasteiger partial charge in [0.1, 0.15) is 6.10 Å². The molecule has 15 heavy (non-hydrogen) atoms. The van der Waals surface area contributed by atoms with Crippen LogP contribution in [0.2, 0.25) is 0 Å². The van der Waals surface area contributed by atoms with Crippen molar-refractivity contribution >= 4 is 0 Å². The van der Waals surface area contributed by atoms with Crippen molar-refractivity contribution in [2.45, 2.75) is 12.3 Å². The summed E-state index contributed by atoms with van der Waals surface area (Å²) in [5.41, 5.74) is 0.116. The Hall–Kier alpha value is -1.29. The van der Waals surface area contributed by atoms with E-state index >= 15 is 0 Å². The fourth-order valence-electron chi connectivity index (χ4n) is 1.46. The summed E-state index contributed by atoms with van der Waals surface area (Å²) in [4.78, 5) is 0. The first-order valence-corrected chi connectivity index (χ1v) is 4.53. The summed E-state index contributed by atoms with van der Waals surface area (Å²) in [6.07, 6.45) is -0.789. The Balaban J connectivity index is 2.20. The SMILES string of the molecule is FC(F)(F)c1ccc([C@@H]2C=CCO2)cc1. The summed E-state index contributed by atoms with van der Waals surface area (Å²) in [7, 11) is 0. The van der Waals surface area contributed by atoms with Gasteiger partial charge >= 0.3 is 6.18 Å². The number of alkyl halides is 3. The predicted octanol–water partition coefficient (Wildman–Crippen LogP) is 3.33. The van der Waals surface area contributed by atoms with Crippen molar-refractivity contribution in [2.24, 2.45) is 0 Å². The molecule has 1 aliphatic heterocycles. The van der Waals surface area contributed by atoms with Crippen LogP contribution in [0, 0.1) is 0 Å². The lowest BCUT2D eigenvalue weighted by atomic mass is 10.1. The molecule has 0 saturated carbocycles. The highest BCUT2D eigenvalue weighted by atomic mass is 19.4. The Morgan fingerprint density at radius 2 is 1.80 bits per heavy atom. The number of halogens is 3. The fourth-order valence-corrected chi connectivity index (χ4v) is 1.46. The number of rotatable bonds is 1. The molecule has 4 heteroatoms. The van der Waals surface area contributed by atoms with Gasteiger partial charge in [-0.1, -0.05) is 24.3 Å². The van der Waals surface area contributed by atoms with Crippen molar-refractivity contribution in [3.05, 3.63) is 47.5 Å². The van der Waals surface area contributed by atoms with Crippen molar-refractivity contribution in [1.29, 1.82) is 0 Å². The van der Waals surface area contributed by atoms with Crippen LogP contribution in [0.15, 0.2) is 36.4 Å². The summed E-state index contributed by atoms with van der Waals surface area (Å²) < 4.78 is 42.0. The van der Waals surface area contributed by atoms with Gasteiger partial charge in [0.2, 0.25) is 0 Å². The molecule has 2 rings (SSSR count). The molecule has 0 aromatic heterocycles. The highest BCUT2D eigenvalue weighted by Gasteiger charge is 2.30. The molecule has 0 amide bonds. The molecule has 0 aliphatic carbocycles. The van der Waals surface area contributed by atoms with Crippen LogP contribution in [0.5, 0.6) is 0 Å². The molecule has 0 unspecified atom stereocenters. The third-order valence-corrected chi connectivity index (χ3v) is 2.25. The molecular formula is C11H9F3O. The van der Waals surface area contributed by atoms with E-state index in [2.05, 4.69) is 0 Å². The zero-order chi connectivity index (χ0) is 10.9. The molecule has 1 heterocycles. The molecule has 0 saturated heterocycles. The van der Waals surface area contributed by atoms with Crippen LogP contribution in [0.4, 0.5) is 13.2 Å². The molecule has 0 N–H and O–H groups in total. The van der Waals surface area contributed by atoms with E-state index in [-0.39, 0.29) is 6.10 Å². The quantitative estimate of drug-likeness (QED) is 0.651. The van der Waals surface area contributed by atoms with Crippen molar-refractivity contribution < 1.29 is 17.9 Å². The monoisotopic (exact) mass is 214 g/mol. The minimum Gasteiger partial charge on any atom is -0.365 e. The zero-order valence-corrected chi connectivity index (χ0v) is 7.79. The predicted molar refractivity (Wildman–Crippen MR) is 49.3 cm³/mol. The van der Waals surface area contributed by atoms with E-state index in [0.717, 1.165) is 17.7 Å². The van der Waals surface area contributed by atoms with Gasteiger partial charge in [0.15, 0.2) is 0 Å². The third-order valence-electron chi connectivity index (χ3n) is 2.25. The molecule has 0 radical (unpaired) electrons. The van der Waals surface area contributed by atoms with Crippen LogP contribution in [0.1, 0.15) is 17.2 Å². The second-order valence-corrected chi connectivity index (χ2v) is 3.30. The first-order valence-electron chi connectivity index (χ1n) is 4.53. The largest absolute Gasteiger partial charge is 0.416 e. The van der Waals surface area contributed by atoms with Crippen LogP contribution in [-0.4, -0.2) is 6.61 Å². The van der Waals surface area contributed by atoms with Crippen molar-refractivity contribution in [3.63, 3.8) is 0 Å². The average molecular weight is 214 g/mol. The van der Waals surface area contributed by atoms with Crippen LogP contribution >= 0.6 is 0 Å². The van der Waals surface area contributed by atoms with Crippen LogP contribution in [0.25, 0.3) is 0 Å². The van der Waals surface area contributed by atoms with Gasteiger partial charge in [-0.15, -0.1) is 0 Å². The third kappa shape index (κ3) is 2.21. The number of ether oxygens (including phenoxy) is 1. The molecule has 1 aromatic rings. The molecule has 1 atom stereocenters. The number of benzene rings is 1. The van der Waals surface area contributed by atoms with Gasteiger partial charge in [-0.2, -0.15) is 13.2 Å². The Labute approximate surface area is 85.2 Å². The molecule has 0 fully saturated rings. The lowest BCUT2D eigenvalue weighted by molar-refractivity contribution is -0.137. The van der Waals surface area contributed by atoms with Gasteiger partial charge < -0.3 is 4.74 Å². The minimum atomic E-state index is -4.27. The highest BCUT2D eigenvalue weighted by molar-refractivity contribution is 5.28. The maximum Gasteiger partial charge on any atom is 0.416 e. The molecule has 1 aromatic carbocycles. The normalized spacial score (nSPS) is 20.9. The lowest BCUT2D eigenvalue weighted by Crippen LogP contribution is -2.05. The fraction of sp³-hybridized carbons (Fsp3) is 0.273. The van der Waals surface area contributed by atoms with Gasteiger partial charge in [0, 0.05) is 0 Å². The lowest BCUT2D eigenvalue weighted by Gasteiger charge is -2.11. The zero-order valence-electron chi connectivity index (χ0n) is 7.79. The van der Waals surface area contributed by atoms with Crippen LogP contribution < -0.4 is 0 Å². The van der Waals surface area contributed by atoms with E-state index < -0.39 is 11.7 Å². The molecule has 80 valence electrons. The van der Waals surface area contributed by atoms with E-state index in [0.29, 0.717) is 6.61 Å². The molecule has 1 aliphatic rings. The summed E-state index contributed by atoms with van der Waals surface area (Å²) in [6.45, 7) is 0.520. The topological polar surface area (TPSA) is 9.23 Å².